The van der Waals surface area contributed by atoms with E-state index in [2.05, 4.69) is 23.1 Å². The summed E-state index contributed by atoms with van der Waals surface area (Å²) in [7, 11) is 4.08. The number of rotatable bonds is 7. The molecule has 4 nitrogen and oxygen atoms in total. The number of carbonyl (C=O) groups excluding carboxylic acids is 1. The van der Waals surface area contributed by atoms with Gasteiger partial charge in [0.1, 0.15) is 5.52 Å². The lowest BCUT2D eigenvalue weighted by Gasteiger charge is -2.21. The van der Waals surface area contributed by atoms with Crippen LogP contribution in [0.1, 0.15) is 12.0 Å². The molecule has 154 valence electrons. The number of benzene rings is 3. The van der Waals surface area contributed by atoms with Crippen LogP contribution in [0.25, 0.3) is 21.0 Å². The Kier molecular flexibility index (Phi) is 6.32. The van der Waals surface area contributed by atoms with Crippen molar-refractivity contribution in [1.29, 1.82) is 0 Å². The van der Waals surface area contributed by atoms with Crippen molar-refractivity contribution < 1.29 is 4.79 Å². The number of hydrogen-bond donors (Lipinski definition) is 0. The summed E-state index contributed by atoms with van der Waals surface area (Å²) >= 11 is 7.85. The molecule has 3 aromatic carbocycles. The summed E-state index contributed by atoms with van der Waals surface area (Å²) in [6, 6.07) is 20.1. The minimum absolute atomic E-state index is 0.0558. The average Bonchev–Trinajstić information content (AvgIpc) is 3.16. The Bertz CT molecular complexity index is 1180. The number of aromatic nitrogens is 1. The molecule has 0 fully saturated rings. The minimum atomic E-state index is 0.0558. The van der Waals surface area contributed by atoms with E-state index >= 15 is 0 Å². The number of fused-ring (bicyclic) bond motifs is 2. The quantitative estimate of drug-likeness (QED) is 0.376. The number of carbonyl (C=O) groups is 1. The highest BCUT2D eigenvalue weighted by molar-refractivity contribution is 7.22. The Morgan fingerprint density at radius 1 is 1.00 bits per heavy atom. The van der Waals surface area contributed by atoms with E-state index in [0.717, 1.165) is 39.5 Å². The van der Waals surface area contributed by atoms with Gasteiger partial charge in [-0.25, -0.2) is 4.98 Å². The minimum Gasteiger partial charge on any atom is -0.309 e. The first-order chi connectivity index (χ1) is 14.5. The normalized spacial score (nSPS) is 11.5. The molecule has 30 heavy (non-hydrogen) atoms. The largest absolute Gasteiger partial charge is 0.309 e. The summed E-state index contributed by atoms with van der Waals surface area (Å²) in [6.45, 7) is 1.53. The van der Waals surface area contributed by atoms with Gasteiger partial charge >= 0.3 is 0 Å². The van der Waals surface area contributed by atoms with E-state index in [0.29, 0.717) is 23.1 Å². The van der Waals surface area contributed by atoms with Gasteiger partial charge in [-0.05, 0) is 55.5 Å². The highest BCUT2D eigenvalue weighted by atomic mass is 35.5. The van der Waals surface area contributed by atoms with Gasteiger partial charge in [0.15, 0.2) is 5.13 Å². The van der Waals surface area contributed by atoms with Gasteiger partial charge < -0.3 is 4.90 Å². The lowest BCUT2D eigenvalue weighted by atomic mass is 10.0. The number of halogens is 1. The topological polar surface area (TPSA) is 36.4 Å². The second kappa shape index (κ2) is 9.13. The Balaban J connectivity index is 1.65. The van der Waals surface area contributed by atoms with E-state index in [4.69, 9.17) is 16.6 Å². The van der Waals surface area contributed by atoms with E-state index in [1.807, 2.05) is 61.5 Å². The molecule has 1 aromatic heterocycles. The number of amides is 1. The van der Waals surface area contributed by atoms with E-state index in [1.54, 1.807) is 0 Å². The molecule has 1 heterocycles. The van der Waals surface area contributed by atoms with E-state index in [1.165, 1.54) is 11.3 Å². The van der Waals surface area contributed by atoms with Crippen LogP contribution in [0.5, 0.6) is 0 Å². The molecule has 0 spiro atoms. The van der Waals surface area contributed by atoms with Gasteiger partial charge in [0, 0.05) is 6.54 Å². The number of nitrogens with zero attached hydrogens (tertiary/aromatic N) is 3. The van der Waals surface area contributed by atoms with Crippen molar-refractivity contribution in [2.45, 2.75) is 12.8 Å². The summed E-state index contributed by atoms with van der Waals surface area (Å²) in [4.78, 5) is 22.1. The SMILES string of the molecule is CN(C)CCCN(C(=O)Cc1cccc2ccccc12)c1nc2c(Cl)cccc2s1. The average molecular weight is 438 g/mol. The van der Waals surface area contributed by atoms with Crippen LogP contribution in [-0.2, 0) is 11.2 Å². The summed E-state index contributed by atoms with van der Waals surface area (Å²) in [5.74, 6) is 0.0558. The molecule has 4 rings (SSSR count). The number of para-hydroxylation sites is 1. The Morgan fingerprint density at radius 2 is 1.77 bits per heavy atom. The molecule has 0 radical (unpaired) electrons. The fourth-order valence-corrected chi connectivity index (χ4v) is 4.90. The first-order valence-electron chi connectivity index (χ1n) is 10.00. The third-order valence-electron chi connectivity index (χ3n) is 5.10. The molecule has 0 saturated carbocycles. The Morgan fingerprint density at radius 3 is 2.57 bits per heavy atom. The van der Waals surface area contributed by atoms with Crippen molar-refractivity contribution in [1.82, 2.24) is 9.88 Å². The van der Waals surface area contributed by atoms with E-state index in [9.17, 15) is 4.79 Å². The van der Waals surface area contributed by atoms with Crippen molar-refractivity contribution >= 4 is 55.0 Å². The van der Waals surface area contributed by atoms with Gasteiger partial charge in [0.25, 0.3) is 0 Å². The molecule has 0 N–H and O–H groups in total. The van der Waals surface area contributed by atoms with Gasteiger partial charge in [-0.3, -0.25) is 9.69 Å². The monoisotopic (exact) mass is 437 g/mol. The molecule has 4 aromatic rings. The molecule has 6 heteroatoms. The second-order valence-electron chi connectivity index (χ2n) is 7.60. The molecule has 0 saturated heterocycles. The predicted molar refractivity (Wildman–Crippen MR) is 128 cm³/mol. The molecular formula is C24H24ClN3OS. The fraction of sp³-hybridized carbons (Fsp3) is 0.250. The third kappa shape index (κ3) is 4.48. The predicted octanol–water partition coefficient (Wildman–Crippen LogP) is 5.63. The highest BCUT2D eigenvalue weighted by Gasteiger charge is 2.21. The zero-order valence-electron chi connectivity index (χ0n) is 17.1. The van der Waals surface area contributed by atoms with Crippen molar-refractivity contribution in [2.75, 3.05) is 32.1 Å². The van der Waals surface area contributed by atoms with E-state index in [-0.39, 0.29) is 5.91 Å². The molecule has 0 aliphatic heterocycles. The van der Waals surface area contributed by atoms with Crippen LogP contribution in [0, 0.1) is 0 Å². The third-order valence-corrected chi connectivity index (χ3v) is 6.45. The van der Waals surface area contributed by atoms with Crippen LogP contribution in [0.15, 0.2) is 60.7 Å². The van der Waals surface area contributed by atoms with Gasteiger partial charge in [-0.15, -0.1) is 0 Å². The zero-order valence-corrected chi connectivity index (χ0v) is 18.7. The Labute approximate surface area is 185 Å². The first kappa shape index (κ1) is 20.8. The van der Waals surface area contributed by atoms with Crippen LogP contribution in [0.2, 0.25) is 5.02 Å². The van der Waals surface area contributed by atoms with Crippen LogP contribution >= 0.6 is 22.9 Å². The lowest BCUT2D eigenvalue weighted by molar-refractivity contribution is -0.118. The van der Waals surface area contributed by atoms with Crippen LogP contribution < -0.4 is 4.90 Å². The first-order valence-corrected chi connectivity index (χ1v) is 11.2. The fourth-order valence-electron chi connectivity index (χ4n) is 3.60. The van der Waals surface area contributed by atoms with E-state index < -0.39 is 0 Å². The molecule has 0 unspecified atom stereocenters. The second-order valence-corrected chi connectivity index (χ2v) is 9.02. The molecule has 1 amide bonds. The molecule has 0 aliphatic carbocycles. The van der Waals surface area contributed by atoms with Crippen LogP contribution in [-0.4, -0.2) is 43.0 Å². The lowest BCUT2D eigenvalue weighted by Crippen LogP contribution is -2.34. The maximum Gasteiger partial charge on any atom is 0.233 e. The van der Waals surface area contributed by atoms with Crippen LogP contribution in [0.3, 0.4) is 0 Å². The number of thiazole rings is 1. The van der Waals surface area contributed by atoms with Gasteiger partial charge in [-0.2, -0.15) is 0 Å². The molecular weight excluding hydrogens is 414 g/mol. The zero-order chi connectivity index (χ0) is 21.1. The molecule has 0 atom stereocenters. The summed E-state index contributed by atoms with van der Waals surface area (Å²) in [5.41, 5.74) is 1.80. The number of anilines is 1. The van der Waals surface area contributed by atoms with Crippen molar-refractivity contribution in [3.63, 3.8) is 0 Å². The maximum atomic E-state index is 13.4. The van der Waals surface area contributed by atoms with Gasteiger partial charge in [-0.1, -0.05) is 71.5 Å². The van der Waals surface area contributed by atoms with Gasteiger partial charge in [0.2, 0.25) is 5.91 Å². The Hall–Kier alpha value is -2.47. The summed E-state index contributed by atoms with van der Waals surface area (Å²) in [6.07, 6.45) is 1.21. The molecule has 0 aliphatic rings. The maximum absolute atomic E-state index is 13.4. The highest BCUT2D eigenvalue weighted by Crippen LogP contribution is 2.33. The standard InChI is InChI=1S/C24H24ClN3OS/c1-27(2)14-7-15-28(24-26-23-20(25)12-6-13-21(23)30-24)22(29)16-18-10-5-9-17-8-3-4-11-19(17)18/h3-6,8-13H,7,14-16H2,1-2H3. The summed E-state index contributed by atoms with van der Waals surface area (Å²) < 4.78 is 0.994. The van der Waals surface area contributed by atoms with Crippen molar-refractivity contribution in [2.24, 2.45) is 0 Å². The van der Waals surface area contributed by atoms with Crippen LogP contribution in [0.4, 0.5) is 5.13 Å². The van der Waals surface area contributed by atoms with Crippen molar-refractivity contribution in [3.8, 4) is 0 Å². The number of hydrogen-bond acceptors (Lipinski definition) is 4. The van der Waals surface area contributed by atoms with Gasteiger partial charge in [0.05, 0.1) is 16.1 Å². The summed E-state index contributed by atoms with van der Waals surface area (Å²) in [5, 5.41) is 3.59. The molecule has 0 bridgehead atoms. The smallest absolute Gasteiger partial charge is 0.233 e. The van der Waals surface area contributed by atoms with Crippen molar-refractivity contribution in [3.05, 3.63) is 71.2 Å².